The van der Waals surface area contributed by atoms with E-state index in [0.717, 1.165) is 77.9 Å². The van der Waals surface area contributed by atoms with Crippen molar-refractivity contribution in [3.63, 3.8) is 0 Å². The average Bonchev–Trinajstić information content (AvgIpc) is 1.83. The van der Waals surface area contributed by atoms with Crippen molar-refractivity contribution >= 4 is 56.2 Å². The van der Waals surface area contributed by atoms with Crippen molar-refractivity contribution in [2.45, 2.75) is 25.7 Å². The lowest BCUT2D eigenvalue weighted by Gasteiger charge is -2.15. The first-order valence-corrected chi connectivity index (χ1v) is 29.6. The fourth-order valence-corrected chi connectivity index (χ4v) is 11.5. The van der Waals surface area contributed by atoms with Gasteiger partial charge >= 0.3 is 0 Å². The summed E-state index contributed by atoms with van der Waals surface area (Å²) in [4.78, 5) is 30.0. The van der Waals surface area contributed by atoms with Crippen molar-refractivity contribution in [2.24, 2.45) is 0 Å². The molecule has 0 spiro atoms. The van der Waals surface area contributed by atoms with Crippen LogP contribution in [0.1, 0.15) is 66.8 Å². The van der Waals surface area contributed by atoms with Gasteiger partial charge in [-0.3, -0.25) is 9.59 Å². The molecule has 2 aliphatic carbocycles. The predicted molar refractivity (Wildman–Crippen MR) is 359 cm³/mol. The summed E-state index contributed by atoms with van der Waals surface area (Å²) in [6, 6.07) is 101. The molecule has 0 fully saturated rings. The maximum atomic E-state index is 15.0. The van der Waals surface area contributed by atoms with Gasteiger partial charge in [-0.05, 0) is 115 Å². The lowest BCUT2D eigenvalue weighted by molar-refractivity contribution is -0.109. The minimum absolute atomic E-state index is 0.0186. The molecular formula is C84H58O4. The van der Waals surface area contributed by atoms with Crippen molar-refractivity contribution in [3.05, 3.63) is 370 Å². The molecule has 0 saturated heterocycles. The molecule has 0 atom stereocenters. The van der Waals surface area contributed by atoms with Crippen LogP contribution in [0.15, 0.2) is 303 Å². The maximum Gasteiger partial charge on any atom is 0.195 e. The van der Waals surface area contributed by atoms with Crippen LogP contribution in [-0.4, -0.2) is 11.6 Å². The molecule has 4 heteroatoms. The van der Waals surface area contributed by atoms with Crippen molar-refractivity contribution in [1.82, 2.24) is 0 Å². The summed E-state index contributed by atoms with van der Waals surface area (Å²) in [5.41, 5.74) is 17.9. The third kappa shape index (κ3) is 12.3. The summed E-state index contributed by atoms with van der Waals surface area (Å²) in [5.74, 6) is 15.9. The van der Waals surface area contributed by atoms with Crippen LogP contribution in [0.5, 0.6) is 23.0 Å². The largest absolute Gasteiger partial charge is 0.457 e. The number of rotatable bonds is 16. The van der Waals surface area contributed by atoms with Gasteiger partial charge in [0.25, 0.3) is 0 Å². The number of hydrogen-bond acceptors (Lipinski definition) is 4. The average molecular weight is 1130 g/mol. The molecule has 0 aromatic heterocycles. The molecule has 0 N–H and O–H groups in total. The van der Waals surface area contributed by atoms with Crippen LogP contribution >= 0.6 is 0 Å². The van der Waals surface area contributed by atoms with Crippen LogP contribution in [0.4, 0.5) is 0 Å². The Balaban J connectivity index is 0.748. The second-order valence-corrected chi connectivity index (χ2v) is 21.6. The number of allylic oxidation sites excluding steroid dienone is 8. The SMILES string of the molecule is O=C1C(c2ccccc2)=C(c2ccc(CC#CCc3ccccc3)cc2)C(c2ccc(Oc3ccc(Oc4ccc(C5=C(c6ccccc6)C(=O)C(c6ccccc6)=C5c5ccc(CC#CCc6ccccc6)cc5)cc4)cc3)cc2)=C1c1ccccc1. The van der Waals surface area contributed by atoms with Gasteiger partial charge in [0.05, 0.1) is 0 Å². The van der Waals surface area contributed by atoms with Crippen LogP contribution in [0.25, 0.3) is 44.6 Å². The Morgan fingerprint density at radius 3 is 0.614 bits per heavy atom. The van der Waals surface area contributed by atoms with Gasteiger partial charge in [-0.25, -0.2) is 0 Å². The topological polar surface area (TPSA) is 52.6 Å². The van der Waals surface area contributed by atoms with Crippen LogP contribution in [0.3, 0.4) is 0 Å². The van der Waals surface area contributed by atoms with Gasteiger partial charge in [-0.2, -0.15) is 0 Å². The summed E-state index contributed by atoms with van der Waals surface area (Å²) < 4.78 is 12.9. The molecule has 0 saturated carbocycles. The Kier molecular flexibility index (Phi) is 16.5. The van der Waals surface area contributed by atoms with Crippen molar-refractivity contribution in [1.29, 1.82) is 0 Å². The molecule has 4 nitrogen and oxygen atoms in total. The van der Waals surface area contributed by atoms with Crippen LogP contribution in [0.2, 0.25) is 0 Å². The van der Waals surface area contributed by atoms with Gasteiger partial charge < -0.3 is 9.47 Å². The lowest BCUT2D eigenvalue weighted by Crippen LogP contribution is -2.01. The predicted octanol–water partition coefficient (Wildman–Crippen LogP) is 19.1. The number of carbonyl (C=O) groups excluding carboxylic acids is 2. The van der Waals surface area contributed by atoms with Gasteiger partial charge in [-0.15, -0.1) is 0 Å². The minimum Gasteiger partial charge on any atom is -0.457 e. The molecule has 0 amide bonds. The van der Waals surface area contributed by atoms with E-state index in [4.69, 9.17) is 9.47 Å². The highest BCUT2D eigenvalue weighted by molar-refractivity contribution is 6.60. The summed E-state index contributed by atoms with van der Waals surface area (Å²) in [6.45, 7) is 0. The number of ketones is 2. The quantitative estimate of drug-likeness (QED) is 0.0905. The van der Waals surface area contributed by atoms with Gasteiger partial charge in [-0.1, -0.05) is 278 Å². The summed E-state index contributed by atoms with van der Waals surface area (Å²) in [7, 11) is 0. The third-order valence-electron chi connectivity index (χ3n) is 15.8. The molecule has 0 bridgehead atoms. The highest BCUT2D eigenvalue weighted by atomic mass is 16.5. The van der Waals surface area contributed by atoms with E-state index < -0.39 is 0 Å². The Labute approximate surface area is 514 Å². The van der Waals surface area contributed by atoms with Crippen LogP contribution in [-0.2, 0) is 35.3 Å². The van der Waals surface area contributed by atoms with Gasteiger partial charge in [0, 0.05) is 70.3 Å². The van der Waals surface area contributed by atoms with Gasteiger partial charge in [0.1, 0.15) is 23.0 Å². The number of carbonyl (C=O) groups is 2. The first-order valence-electron chi connectivity index (χ1n) is 29.6. The number of Topliss-reactive ketones (excluding diaryl/α,β-unsaturated/α-hetero) is 2. The fraction of sp³-hybridized carbons (Fsp3) is 0.0476. The number of benzene rings is 11. The zero-order chi connectivity index (χ0) is 59.4. The third-order valence-corrected chi connectivity index (χ3v) is 15.8. The number of hydrogen-bond donors (Lipinski definition) is 0. The van der Waals surface area contributed by atoms with E-state index in [-0.39, 0.29) is 11.6 Å². The van der Waals surface area contributed by atoms with E-state index in [2.05, 4.69) is 96.5 Å². The summed E-state index contributed by atoms with van der Waals surface area (Å²) >= 11 is 0. The number of ether oxygens (including phenoxy) is 2. The Bertz CT molecular complexity index is 4280. The molecule has 2 aliphatic rings. The van der Waals surface area contributed by atoms with Crippen molar-refractivity contribution < 1.29 is 19.1 Å². The Hall–Kier alpha value is -11.6. The molecule has 13 rings (SSSR count). The molecule has 0 heterocycles. The maximum absolute atomic E-state index is 15.0. The fourth-order valence-electron chi connectivity index (χ4n) is 11.5. The van der Waals surface area contributed by atoms with Crippen LogP contribution < -0.4 is 9.47 Å². The Morgan fingerprint density at radius 2 is 0.375 bits per heavy atom. The molecule has 0 radical (unpaired) electrons. The molecular weight excluding hydrogens is 1070 g/mol. The zero-order valence-electron chi connectivity index (χ0n) is 48.3. The monoisotopic (exact) mass is 1130 g/mol. The van der Waals surface area contributed by atoms with Crippen LogP contribution in [0, 0.1) is 23.7 Å². The van der Waals surface area contributed by atoms with E-state index in [1.54, 1.807) is 0 Å². The molecule has 0 unspecified atom stereocenters. The van der Waals surface area contributed by atoms with E-state index in [0.29, 0.717) is 71.0 Å². The van der Waals surface area contributed by atoms with E-state index >= 15 is 9.59 Å². The van der Waals surface area contributed by atoms with Crippen molar-refractivity contribution in [2.75, 3.05) is 0 Å². The molecule has 418 valence electrons. The van der Waals surface area contributed by atoms with E-state index in [1.165, 1.54) is 11.1 Å². The molecule has 11 aromatic rings. The molecule has 88 heavy (non-hydrogen) atoms. The smallest absolute Gasteiger partial charge is 0.195 e. The molecule has 11 aromatic carbocycles. The van der Waals surface area contributed by atoms with Gasteiger partial charge in [0.15, 0.2) is 11.6 Å². The Morgan fingerprint density at radius 1 is 0.193 bits per heavy atom. The minimum atomic E-state index is -0.0186. The molecule has 0 aliphatic heterocycles. The van der Waals surface area contributed by atoms with Gasteiger partial charge in [0.2, 0.25) is 0 Å². The normalized spacial score (nSPS) is 12.9. The second-order valence-electron chi connectivity index (χ2n) is 21.6. The first-order chi connectivity index (χ1) is 43.5. The summed E-state index contributed by atoms with van der Waals surface area (Å²) in [5, 5.41) is 0. The highest BCUT2D eigenvalue weighted by Gasteiger charge is 2.37. The van der Waals surface area contributed by atoms with E-state index in [9.17, 15) is 0 Å². The second kappa shape index (κ2) is 26.1. The zero-order valence-corrected chi connectivity index (χ0v) is 48.3. The lowest BCUT2D eigenvalue weighted by atomic mass is 9.88. The highest BCUT2D eigenvalue weighted by Crippen LogP contribution is 2.52. The first kappa shape index (κ1) is 55.6. The summed E-state index contributed by atoms with van der Waals surface area (Å²) in [6.07, 6.45) is 2.66. The van der Waals surface area contributed by atoms with Crippen molar-refractivity contribution in [3.8, 4) is 46.7 Å². The van der Waals surface area contributed by atoms with E-state index in [1.807, 2.05) is 231 Å². The standard InChI is InChI=1S/C84H58O4/c85-83-79(63-31-11-3-12-32-63)75(67-43-39-61(40-44-67)29-21-19-27-59-23-7-1-8-24-59)77(81(83)65-35-15-5-16-36-65)69-47-51-71(52-48-69)87-73-55-57-74(58-56-73)88-72-53-49-70(50-54-72)78-76(68-45-41-62(42-46-68)30-22-20-28-60-25-9-2-10-26-60)80(64-33-13-4-14-34-64)84(86)82(78)66-37-17-6-18-38-66/h1-18,23-26,31-58H,27-30H2.